The summed E-state index contributed by atoms with van der Waals surface area (Å²) in [5.41, 5.74) is 8.58. The van der Waals surface area contributed by atoms with Gasteiger partial charge in [0.05, 0.1) is 0 Å². The van der Waals surface area contributed by atoms with Crippen molar-refractivity contribution in [3.8, 4) is 0 Å². The number of carbonyl (C=O) groups excluding carboxylic acids is 1. The van der Waals surface area contributed by atoms with Crippen LogP contribution in [0.5, 0.6) is 0 Å². The second-order valence-corrected chi connectivity index (χ2v) is 7.15. The number of hydrogen-bond donors (Lipinski definition) is 1. The van der Waals surface area contributed by atoms with Crippen LogP contribution in [0.3, 0.4) is 0 Å². The topological polar surface area (TPSA) is 46.3 Å². The Morgan fingerprint density at radius 3 is 2.36 bits per heavy atom. The van der Waals surface area contributed by atoms with Crippen molar-refractivity contribution in [3.63, 3.8) is 0 Å². The molecule has 0 aliphatic carbocycles. The third-order valence-electron chi connectivity index (χ3n) is 4.89. The first-order chi connectivity index (χ1) is 10.4. The summed E-state index contributed by atoms with van der Waals surface area (Å²) in [7, 11) is 0. The van der Waals surface area contributed by atoms with Crippen LogP contribution in [0, 0.1) is 0 Å². The van der Waals surface area contributed by atoms with Gasteiger partial charge in [0.2, 0.25) is 5.91 Å². The van der Waals surface area contributed by atoms with Crippen molar-refractivity contribution in [1.82, 2.24) is 4.90 Å². The SMILES string of the molecule is CC(C)c1ccc([C@H](C)CC(=O)N2CC[C@@H](N)C[C@H]2C)cc1. The van der Waals surface area contributed by atoms with E-state index in [1.165, 1.54) is 11.1 Å². The maximum atomic E-state index is 12.6. The van der Waals surface area contributed by atoms with Crippen LogP contribution in [0.1, 0.15) is 69.9 Å². The van der Waals surface area contributed by atoms with Gasteiger partial charge in [0.15, 0.2) is 0 Å². The standard InChI is InChI=1S/C19H30N2O/c1-13(2)16-5-7-17(8-6-16)14(3)11-19(22)21-10-9-18(20)12-15(21)4/h5-8,13-15,18H,9-12,20H2,1-4H3/t14-,15-,18-/m1/s1. The molecule has 1 saturated heterocycles. The van der Waals surface area contributed by atoms with Gasteiger partial charge < -0.3 is 10.6 Å². The molecule has 2 N–H and O–H groups in total. The number of piperidine rings is 1. The van der Waals surface area contributed by atoms with Crippen molar-refractivity contribution in [2.75, 3.05) is 6.54 Å². The smallest absolute Gasteiger partial charge is 0.223 e. The van der Waals surface area contributed by atoms with Crippen LogP contribution in [0.2, 0.25) is 0 Å². The molecule has 1 heterocycles. The highest BCUT2D eigenvalue weighted by Crippen LogP contribution is 2.25. The zero-order chi connectivity index (χ0) is 16.3. The molecule has 1 fully saturated rings. The van der Waals surface area contributed by atoms with Gasteiger partial charge in [-0.1, -0.05) is 45.0 Å². The average Bonchev–Trinajstić information content (AvgIpc) is 2.47. The molecule has 1 aromatic rings. The molecule has 3 atom stereocenters. The molecule has 0 unspecified atom stereocenters. The third kappa shape index (κ3) is 4.10. The molecule has 22 heavy (non-hydrogen) atoms. The Balaban J connectivity index is 1.96. The number of rotatable bonds is 4. The van der Waals surface area contributed by atoms with Gasteiger partial charge >= 0.3 is 0 Å². The van der Waals surface area contributed by atoms with Crippen molar-refractivity contribution in [2.24, 2.45) is 5.73 Å². The molecule has 3 heteroatoms. The molecule has 1 amide bonds. The summed E-state index contributed by atoms with van der Waals surface area (Å²) in [6.45, 7) is 9.46. The fraction of sp³-hybridized carbons (Fsp3) is 0.632. The zero-order valence-corrected chi connectivity index (χ0v) is 14.4. The highest BCUT2D eigenvalue weighted by molar-refractivity contribution is 5.77. The normalized spacial score (nSPS) is 23.6. The lowest BCUT2D eigenvalue weighted by Gasteiger charge is -2.37. The van der Waals surface area contributed by atoms with E-state index in [1.807, 2.05) is 4.90 Å². The van der Waals surface area contributed by atoms with E-state index in [9.17, 15) is 4.79 Å². The largest absolute Gasteiger partial charge is 0.340 e. The maximum absolute atomic E-state index is 12.6. The van der Waals surface area contributed by atoms with E-state index in [0.29, 0.717) is 12.3 Å². The molecule has 0 aromatic heterocycles. The van der Waals surface area contributed by atoms with Crippen LogP contribution in [0.4, 0.5) is 0 Å². The minimum atomic E-state index is 0.250. The summed E-state index contributed by atoms with van der Waals surface area (Å²) >= 11 is 0. The van der Waals surface area contributed by atoms with Gasteiger partial charge in [-0.25, -0.2) is 0 Å². The third-order valence-corrected chi connectivity index (χ3v) is 4.89. The van der Waals surface area contributed by atoms with Crippen molar-refractivity contribution in [2.45, 2.75) is 70.9 Å². The van der Waals surface area contributed by atoms with E-state index in [4.69, 9.17) is 5.73 Å². The van der Waals surface area contributed by atoms with Gasteiger partial charge in [-0.3, -0.25) is 4.79 Å². The molecule has 0 bridgehead atoms. The summed E-state index contributed by atoms with van der Waals surface area (Å²) in [6, 6.07) is 9.23. The molecule has 0 radical (unpaired) electrons. The van der Waals surface area contributed by atoms with Crippen molar-refractivity contribution < 1.29 is 4.79 Å². The van der Waals surface area contributed by atoms with Crippen LogP contribution in [0.15, 0.2) is 24.3 Å². The monoisotopic (exact) mass is 302 g/mol. The van der Waals surface area contributed by atoms with Crippen molar-refractivity contribution >= 4 is 5.91 Å². The number of carbonyl (C=O) groups is 1. The number of nitrogens with zero attached hydrogens (tertiary/aromatic N) is 1. The van der Waals surface area contributed by atoms with Crippen molar-refractivity contribution in [1.29, 1.82) is 0 Å². The molecule has 1 aliphatic heterocycles. The number of amides is 1. The Kier molecular flexibility index (Phi) is 5.63. The van der Waals surface area contributed by atoms with Crippen LogP contribution in [-0.4, -0.2) is 29.4 Å². The minimum absolute atomic E-state index is 0.250. The molecular weight excluding hydrogens is 272 g/mol. The van der Waals surface area contributed by atoms with E-state index in [-0.39, 0.29) is 23.9 Å². The molecule has 1 aromatic carbocycles. The highest BCUT2D eigenvalue weighted by atomic mass is 16.2. The Bertz CT molecular complexity index is 495. The second kappa shape index (κ2) is 7.28. The number of likely N-dealkylation sites (tertiary alicyclic amines) is 1. The maximum Gasteiger partial charge on any atom is 0.223 e. The van der Waals surface area contributed by atoms with Crippen LogP contribution in [-0.2, 0) is 4.79 Å². The number of benzene rings is 1. The Hall–Kier alpha value is -1.35. The fourth-order valence-corrected chi connectivity index (χ4v) is 3.29. The van der Waals surface area contributed by atoms with Gasteiger partial charge in [0.1, 0.15) is 0 Å². The fourth-order valence-electron chi connectivity index (χ4n) is 3.29. The number of nitrogens with two attached hydrogens (primary N) is 1. The molecule has 1 aliphatic rings. The molecule has 3 nitrogen and oxygen atoms in total. The van der Waals surface area contributed by atoms with Crippen LogP contribution in [0.25, 0.3) is 0 Å². The first-order valence-electron chi connectivity index (χ1n) is 8.53. The van der Waals surface area contributed by atoms with Gasteiger partial charge in [0.25, 0.3) is 0 Å². The van der Waals surface area contributed by atoms with Crippen LogP contribution < -0.4 is 5.73 Å². The summed E-state index contributed by atoms with van der Waals surface area (Å²) < 4.78 is 0. The molecular formula is C19H30N2O. The first-order valence-corrected chi connectivity index (χ1v) is 8.53. The summed E-state index contributed by atoms with van der Waals surface area (Å²) in [4.78, 5) is 14.6. The Morgan fingerprint density at radius 1 is 1.23 bits per heavy atom. The summed E-state index contributed by atoms with van der Waals surface area (Å²) in [5, 5.41) is 0. The lowest BCUT2D eigenvalue weighted by Crippen LogP contribution is -2.48. The highest BCUT2D eigenvalue weighted by Gasteiger charge is 2.27. The second-order valence-electron chi connectivity index (χ2n) is 7.15. The van der Waals surface area contributed by atoms with Gasteiger partial charge in [-0.05, 0) is 42.7 Å². The molecule has 0 saturated carbocycles. The number of hydrogen-bond acceptors (Lipinski definition) is 2. The molecule has 122 valence electrons. The minimum Gasteiger partial charge on any atom is -0.340 e. The average molecular weight is 302 g/mol. The predicted octanol–water partition coefficient (Wildman–Crippen LogP) is 3.64. The van der Waals surface area contributed by atoms with Gasteiger partial charge in [-0.15, -0.1) is 0 Å². The van der Waals surface area contributed by atoms with E-state index in [1.54, 1.807) is 0 Å². The van der Waals surface area contributed by atoms with Crippen LogP contribution >= 0.6 is 0 Å². The van der Waals surface area contributed by atoms with E-state index in [2.05, 4.69) is 52.0 Å². The Morgan fingerprint density at radius 2 is 1.82 bits per heavy atom. The molecule has 2 rings (SSSR count). The van der Waals surface area contributed by atoms with E-state index >= 15 is 0 Å². The first kappa shape index (κ1) is 17.0. The van der Waals surface area contributed by atoms with E-state index in [0.717, 1.165) is 19.4 Å². The summed E-state index contributed by atoms with van der Waals surface area (Å²) in [5.74, 6) is 1.07. The summed E-state index contributed by atoms with van der Waals surface area (Å²) in [6.07, 6.45) is 2.43. The van der Waals surface area contributed by atoms with Crippen molar-refractivity contribution in [3.05, 3.63) is 35.4 Å². The Labute approximate surface area is 134 Å². The molecule has 0 spiro atoms. The quantitative estimate of drug-likeness (QED) is 0.923. The lowest BCUT2D eigenvalue weighted by molar-refractivity contribution is -0.134. The van der Waals surface area contributed by atoms with Gasteiger partial charge in [-0.2, -0.15) is 0 Å². The lowest BCUT2D eigenvalue weighted by atomic mass is 9.92. The van der Waals surface area contributed by atoms with E-state index < -0.39 is 0 Å². The zero-order valence-electron chi connectivity index (χ0n) is 14.4. The van der Waals surface area contributed by atoms with Gasteiger partial charge in [0, 0.05) is 25.0 Å². The predicted molar refractivity (Wildman–Crippen MR) is 91.9 cm³/mol.